The molecule has 2 rings (SSSR count). The Kier molecular flexibility index (Phi) is 3.89. The lowest BCUT2D eigenvalue weighted by Gasteiger charge is -2.28. The van der Waals surface area contributed by atoms with Crippen molar-refractivity contribution >= 4 is 17.6 Å². The van der Waals surface area contributed by atoms with Gasteiger partial charge in [-0.3, -0.25) is 0 Å². The minimum Gasteiger partial charge on any atom is -0.450 e. The van der Waals surface area contributed by atoms with Gasteiger partial charge in [-0.2, -0.15) is 0 Å². The largest absolute Gasteiger partial charge is 0.450 e. The topological polar surface area (TPSA) is 88.7 Å². The fourth-order valence-corrected chi connectivity index (χ4v) is 1.92. The second kappa shape index (κ2) is 5.60. The first-order valence-electron chi connectivity index (χ1n) is 6.24. The van der Waals surface area contributed by atoms with Gasteiger partial charge in [0.2, 0.25) is 0 Å². The number of carbonyl (C=O) groups is 1. The van der Waals surface area contributed by atoms with Crippen LogP contribution in [-0.2, 0) is 4.74 Å². The molecule has 4 N–H and O–H groups in total. The Balaban J connectivity index is 2.08. The normalized spacial score (nSPS) is 18.6. The summed E-state index contributed by atoms with van der Waals surface area (Å²) < 4.78 is 4.84. The van der Waals surface area contributed by atoms with Gasteiger partial charge in [0.15, 0.2) is 0 Å². The van der Waals surface area contributed by atoms with Crippen molar-refractivity contribution in [2.75, 3.05) is 11.9 Å². The minimum atomic E-state index is -0.454. The minimum absolute atomic E-state index is 0.231. The van der Waals surface area contributed by atoms with Gasteiger partial charge in [0, 0.05) is 11.3 Å². The third kappa shape index (κ3) is 2.96. The maximum Gasteiger partial charge on any atom is 0.407 e. The van der Waals surface area contributed by atoms with Crippen LogP contribution in [0.2, 0.25) is 0 Å². The summed E-state index contributed by atoms with van der Waals surface area (Å²) in [4.78, 5) is 15.7. The van der Waals surface area contributed by atoms with Gasteiger partial charge in [0.25, 0.3) is 0 Å². The average Bonchev–Trinajstić information content (AvgIpc) is 2.39. The summed E-state index contributed by atoms with van der Waals surface area (Å²) in [6.07, 6.45) is -0.760. The standard InChI is InChI=1S/C13H18N4O2/c1-3-19-13(18)15-8(2)12-16-10-7-5-4-6-9(10)11(14)17-12/h4-8,12,16H,3H2,1-2H3,(H2,14,17)(H,15,18). The molecule has 6 nitrogen and oxygen atoms in total. The zero-order chi connectivity index (χ0) is 13.8. The van der Waals surface area contributed by atoms with Crippen molar-refractivity contribution in [2.24, 2.45) is 10.7 Å². The lowest BCUT2D eigenvalue weighted by Crippen LogP contribution is -2.46. The molecule has 0 saturated carbocycles. The number of aliphatic imine (C=N–C) groups is 1. The van der Waals surface area contributed by atoms with E-state index < -0.39 is 6.09 Å². The fraction of sp³-hybridized carbons (Fsp3) is 0.385. The number of amides is 1. The summed E-state index contributed by atoms with van der Waals surface area (Å²) in [6.45, 7) is 3.94. The molecule has 6 heteroatoms. The number of anilines is 1. The highest BCUT2D eigenvalue weighted by Crippen LogP contribution is 2.21. The van der Waals surface area contributed by atoms with Crippen LogP contribution in [0.5, 0.6) is 0 Å². The Hall–Kier alpha value is -2.24. The summed E-state index contributed by atoms with van der Waals surface area (Å²) in [5, 5.41) is 5.95. The van der Waals surface area contributed by atoms with Crippen LogP contribution in [0.1, 0.15) is 19.4 Å². The van der Waals surface area contributed by atoms with E-state index in [1.165, 1.54) is 0 Å². The van der Waals surface area contributed by atoms with E-state index >= 15 is 0 Å². The van der Waals surface area contributed by atoms with E-state index in [1.54, 1.807) is 6.92 Å². The molecule has 0 saturated heterocycles. The highest BCUT2D eigenvalue weighted by atomic mass is 16.5. The molecule has 0 aliphatic carbocycles. The number of amidine groups is 1. The van der Waals surface area contributed by atoms with Gasteiger partial charge in [-0.1, -0.05) is 12.1 Å². The van der Waals surface area contributed by atoms with E-state index in [4.69, 9.17) is 10.5 Å². The molecule has 1 aliphatic rings. The number of hydrogen-bond acceptors (Lipinski definition) is 5. The van der Waals surface area contributed by atoms with Crippen molar-refractivity contribution in [3.63, 3.8) is 0 Å². The van der Waals surface area contributed by atoms with Crippen LogP contribution in [0.25, 0.3) is 0 Å². The van der Waals surface area contributed by atoms with Crippen molar-refractivity contribution in [1.82, 2.24) is 5.32 Å². The quantitative estimate of drug-likeness (QED) is 0.765. The summed E-state index contributed by atoms with van der Waals surface area (Å²) in [7, 11) is 0. The third-order valence-electron chi connectivity index (χ3n) is 2.88. The predicted octanol–water partition coefficient (Wildman–Crippen LogP) is 1.28. The summed E-state index contributed by atoms with van der Waals surface area (Å²) in [6, 6.07) is 7.43. The molecule has 1 amide bonds. The van der Waals surface area contributed by atoms with Gasteiger partial charge in [0.1, 0.15) is 12.0 Å². The van der Waals surface area contributed by atoms with E-state index in [0.717, 1.165) is 11.3 Å². The van der Waals surface area contributed by atoms with E-state index in [9.17, 15) is 4.79 Å². The zero-order valence-electron chi connectivity index (χ0n) is 11.0. The molecule has 0 fully saturated rings. The molecule has 1 aromatic carbocycles. The number of benzene rings is 1. The summed E-state index contributed by atoms with van der Waals surface area (Å²) in [5.41, 5.74) is 7.72. The number of carbonyl (C=O) groups excluding carboxylic acids is 1. The van der Waals surface area contributed by atoms with Gasteiger partial charge in [0.05, 0.1) is 12.6 Å². The molecule has 0 aromatic heterocycles. The van der Waals surface area contributed by atoms with Crippen LogP contribution >= 0.6 is 0 Å². The number of nitrogens with one attached hydrogen (secondary N) is 2. The van der Waals surface area contributed by atoms with E-state index in [2.05, 4.69) is 15.6 Å². The number of fused-ring (bicyclic) bond motifs is 1. The van der Waals surface area contributed by atoms with E-state index in [0.29, 0.717) is 12.4 Å². The highest BCUT2D eigenvalue weighted by Gasteiger charge is 2.24. The van der Waals surface area contributed by atoms with Crippen LogP contribution < -0.4 is 16.4 Å². The number of ether oxygens (including phenoxy) is 1. The lowest BCUT2D eigenvalue weighted by molar-refractivity contribution is 0.148. The van der Waals surface area contributed by atoms with Crippen LogP contribution in [0.3, 0.4) is 0 Å². The summed E-state index contributed by atoms with van der Waals surface area (Å²) in [5.74, 6) is 0.469. The number of nitrogens with zero attached hydrogens (tertiary/aromatic N) is 1. The molecule has 2 atom stereocenters. The second-order valence-electron chi connectivity index (χ2n) is 4.30. The van der Waals surface area contributed by atoms with Crippen LogP contribution in [0.15, 0.2) is 29.3 Å². The smallest absolute Gasteiger partial charge is 0.407 e. The Morgan fingerprint density at radius 3 is 3.05 bits per heavy atom. The Bertz CT molecular complexity index is 501. The van der Waals surface area contributed by atoms with Crippen molar-refractivity contribution in [3.8, 4) is 0 Å². The highest BCUT2D eigenvalue weighted by molar-refractivity contribution is 6.03. The Morgan fingerprint density at radius 2 is 2.32 bits per heavy atom. The first-order valence-corrected chi connectivity index (χ1v) is 6.24. The van der Waals surface area contributed by atoms with Crippen molar-refractivity contribution in [3.05, 3.63) is 29.8 Å². The van der Waals surface area contributed by atoms with E-state index in [-0.39, 0.29) is 12.2 Å². The maximum atomic E-state index is 11.4. The molecule has 0 spiro atoms. The monoisotopic (exact) mass is 262 g/mol. The molecule has 2 unspecified atom stereocenters. The van der Waals surface area contributed by atoms with Crippen molar-refractivity contribution < 1.29 is 9.53 Å². The number of nitrogens with two attached hydrogens (primary N) is 1. The molecule has 102 valence electrons. The Labute approximate surface area is 112 Å². The second-order valence-corrected chi connectivity index (χ2v) is 4.30. The molecule has 0 bridgehead atoms. The molecular weight excluding hydrogens is 244 g/mol. The molecule has 1 heterocycles. The molecule has 1 aromatic rings. The predicted molar refractivity (Wildman–Crippen MR) is 74.2 cm³/mol. The lowest BCUT2D eigenvalue weighted by atomic mass is 10.1. The van der Waals surface area contributed by atoms with Gasteiger partial charge in [-0.15, -0.1) is 0 Å². The van der Waals surface area contributed by atoms with Gasteiger partial charge >= 0.3 is 6.09 Å². The average molecular weight is 262 g/mol. The first-order chi connectivity index (χ1) is 9.11. The van der Waals surface area contributed by atoms with Crippen LogP contribution in [0.4, 0.5) is 10.5 Å². The Morgan fingerprint density at radius 1 is 1.58 bits per heavy atom. The number of alkyl carbamates (subject to hydrolysis) is 1. The molecule has 19 heavy (non-hydrogen) atoms. The van der Waals surface area contributed by atoms with Gasteiger partial charge < -0.3 is 21.1 Å². The fourth-order valence-electron chi connectivity index (χ4n) is 1.92. The van der Waals surface area contributed by atoms with Crippen molar-refractivity contribution in [1.29, 1.82) is 0 Å². The summed E-state index contributed by atoms with van der Waals surface area (Å²) >= 11 is 0. The van der Waals surface area contributed by atoms with Crippen molar-refractivity contribution in [2.45, 2.75) is 26.1 Å². The number of hydrogen-bond donors (Lipinski definition) is 3. The zero-order valence-corrected chi connectivity index (χ0v) is 11.0. The third-order valence-corrected chi connectivity index (χ3v) is 2.88. The van der Waals surface area contributed by atoms with E-state index in [1.807, 2.05) is 31.2 Å². The molecule has 1 aliphatic heterocycles. The van der Waals surface area contributed by atoms with Crippen LogP contribution in [-0.4, -0.2) is 30.7 Å². The van der Waals surface area contributed by atoms with Gasteiger partial charge in [-0.25, -0.2) is 9.79 Å². The number of para-hydroxylation sites is 1. The molecule has 0 radical (unpaired) electrons. The SMILES string of the molecule is CCOC(=O)NC(C)C1N=C(N)c2ccccc2N1. The molecular formula is C13H18N4O2. The maximum absolute atomic E-state index is 11.4. The van der Waals surface area contributed by atoms with Gasteiger partial charge in [-0.05, 0) is 26.0 Å². The first kappa shape index (κ1) is 13.2. The number of rotatable bonds is 3. The van der Waals surface area contributed by atoms with Crippen LogP contribution in [0, 0.1) is 0 Å².